The van der Waals surface area contributed by atoms with Crippen molar-refractivity contribution < 1.29 is 18.7 Å². The molecule has 0 radical (unpaired) electrons. The average molecular weight is 424 g/mol. The summed E-state index contributed by atoms with van der Waals surface area (Å²) >= 11 is 6.49. The Kier molecular flexibility index (Phi) is 5.29. The Morgan fingerprint density at radius 3 is 2.83 bits per heavy atom. The highest BCUT2D eigenvalue weighted by atomic mass is 35.5. The zero-order valence-electron chi connectivity index (χ0n) is 16.3. The van der Waals surface area contributed by atoms with Crippen molar-refractivity contribution in [3.63, 3.8) is 0 Å². The molecule has 1 N–H and O–H groups in total. The van der Waals surface area contributed by atoms with Gasteiger partial charge in [0.25, 0.3) is 0 Å². The van der Waals surface area contributed by atoms with Crippen LogP contribution in [0.5, 0.6) is 0 Å². The SMILES string of the molecule is COC(=O)Cn1c(Cl)c(/C=N/NC(=O)c2cc3cc(C)ccc3o2)c2ccccc21. The maximum Gasteiger partial charge on any atom is 0.325 e. The van der Waals surface area contributed by atoms with Crippen molar-refractivity contribution in [2.45, 2.75) is 13.5 Å². The van der Waals surface area contributed by atoms with Crippen molar-refractivity contribution in [3.05, 3.63) is 70.6 Å². The number of ether oxygens (including phenoxy) is 1. The normalized spacial score (nSPS) is 11.4. The van der Waals surface area contributed by atoms with Gasteiger partial charge in [0.05, 0.1) is 18.8 Å². The quantitative estimate of drug-likeness (QED) is 0.295. The van der Waals surface area contributed by atoms with E-state index in [1.165, 1.54) is 13.3 Å². The van der Waals surface area contributed by atoms with E-state index in [1.807, 2.05) is 49.4 Å². The zero-order valence-corrected chi connectivity index (χ0v) is 17.1. The molecule has 4 rings (SSSR count). The van der Waals surface area contributed by atoms with Gasteiger partial charge in [0.15, 0.2) is 5.76 Å². The third kappa shape index (κ3) is 3.67. The fourth-order valence-corrected chi connectivity index (χ4v) is 3.56. The molecule has 0 saturated carbocycles. The van der Waals surface area contributed by atoms with Crippen molar-refractivity contribution in [2.75, 3.05) is 7.11 Å². The Morgan fingerprint density at radius 1 is 1.23 bits per heavy atom. The second-order valence-electron chi connectivity index (χ2n) is 6.73. The molecule has 0 saturated heterocycles. The van der Waals surface area contributed by atoms with Crippen LogP contribution in [0.4, 0.5) is 0 Å². The summed E-state index contributed by atoms with van der Waals surface area (Å²) in [7, 11) is 1.32. The van der Waals surface area contributed by atoms with Gasteiger partial charge in [0.2, 0.25) is 0 Å². The second-order valence-corrected chi connectivity index (χ2v) is 7.09. The molecule has 0 bridgehead atoms. The van der Waals surface area contributed by atoms with Crippen molar-refractivity contribution in [1.82, 2.24) is 9.99 Å². The summed E-state index contributed by atoms with van der Waals surface area (Å²) in [5.41, 5.74) is 5.49. The molecule has 7 nitrogen and oxygen atoms in total. The van der Waals surface area contributed by atoms with Crippen molar-refractivity contribution in [3.8, 4) is 0 Å². The first kappa shape index (κ1) is 19.7. The van der Waals surface area contributed by atoms with Crippen molar-refractivity contribution in [1.29, 1.82) is 0 Å². The van der Waals surface area contributed by atoms with Gasteiger partial charge in [0, 0.05) is 16.3 Å². The minimum atomic E-state index is -0.477. The first-order valence-electron chi connectivity index (χ1n) is 9.15. The number of hydrogen-bond acceptors (Lipinski definition) is 5. The first-order chi connectivity index (χ1) is 14.5. The maximum absolute atomic E-state index is 12.4. The number of hydrazone groups is 1. The summed E-state index contributed by atoms with van der Waals surface area (Å²) < 4.78 is 11.9. The molecule has 152 valence electrons. The standard InChI is InChI=1S/C22H18ClN3O4/c1-13-7-8-18-14(9-13)10-19(30-18)22(28)25-24-11-16-15-5-3-4-6-17(15)26(21(16)23)12-20(27)29-2/h3-11H,12H2,1-2H3,(H,25,28)/b24-11+. The number of fused-ring (bicyclic) bond motifs is 2. The van der Waals surface area contributed by atoms with E-state index in [0.29, 0.717) is 16.3 Å². The molecule has 0 aliphatic carbocycles. The second kappa shape index (κ2) is 8.04. The Balaban J connectivity index is 1.59. The lowest BCUT2D eigenvalue weighted by Gasteiger charge is -2.04. The highest BCUT2D eigenvalue weighted by Gasteiger charge is 2.17. The average Bonchev–Trinajstić information content (AvgIpc) is 3.28. The van der Waals surface area contributed by atoms with Gasteiger partial charge in [-0.05, 0) is 31.2 Å². The molecule has 0 spiro atoms. The monoisotopic (exact) mass is 423 g/mol. The van der Waals surface area contributed by atoms with Crippen LogP contribution in [0.3, 0.4) is 0 Å². The van der Waals surface area contributed by atoms with Crippen LogP contribution in [0, 0.1) is 6.92 Å². The van der Waals surface area contributed by atoms with Gasteiger partial charge >= 0.3 is 11.9 Å². The van der Waals surface area contributed by atoms with Crippen molar-refractivity contribution in [2.24, 2.45) is 5.10 Å². The zero-order chi connectivity index (χ0) is 21.3. The lowest BCUT2D eigenvalue weighted by Crippen LogP contribution is -2.16. The minimum absolute atomic E-state index is 0.0333. The maximum atomic E-state index is 12.4. The summed E-state index contributed by atoms with van der Waals surface area (Å²) in [6, 6.07) is 14.7. The number of aromatic nitrogens is 1. The lowest BCUT2D eigenvalue weighted by molar-refractivity contribution is -0.141. The van der Waals surface area contributed by atoms with E-state index in [0.717, 1.165) is 21.9 Å². The number of para-hydroxylation sites is 1. The van der Waals surface area contributed by atoms with Gasteiger partial charge in [-0.15, -0.1) is 0 Å². The number of hydrogen-bond donors (Lipinski definition) is 1. The molecule has 30 heavy (non-hydrogen) atoms. The van der Waals surface area contributed by atoms with Crippen molar-refractivity contribution >= 4 is 51.6 Å². The Labute approximate surface area is 176 Å². The molecule has 0 aliphatic rings. The fourth-order valence-electron chi connectivity index (χ4n) is 3.26. The molecule has 2 heterocycles. The highest BCUT2D eigenvalue weighted by molar-refractivity contribution is 6.34. The molecule has 0 aliphatic heterocycles. The Hall–Kier alpha value is -3.58. The fraction of sp³-hybridized carbons (Fsp3) is 0.136. The number of benzene rings is 2. The number of nitrogens with zero attached hydrogens (tertiary/aromatic N) is 2. The van der Waals surface area contributed by atoms with Gasteiger partial charge in [-0.25, -0.2) is 5.43 Å². The van der Waals surface area contributed by atoms with E-state index >= 15 is 0 Å². The minimum Gasteiger partial charge on any atom is -0.468 e. The number of aryl methyl sites for hydroxylation is 1. The first-order valence-corrected chi connectivity index (χ1v) is 9.53. The summed E-state index contributed by atoms with van der Waals surface area (Å²) in [5, 5.41) is 5.99. The van der Waals surface area contributed by atoms with Crippen LogP contribution in [-0.4, -0.2) is 29.8 Å². The Morgan fingerprint density at radius 2 is 2.03 bits per heavy atom. The van der Waals surface area contributed by atoms with E-state index in [1.54, 1.807) is 10.6 Å². The van der Waals surface area contributed by atoms with Crippen LogP contribution in [0.25, 0.3) is 21.9 Å². The highest BCUT2D eigenvalue weighted by Crippen LogP contribution is 2.29. The number of nitrogens with one attached hydrogen (secondary N) is 1. The largest absolute Gasteiger partial charge is 0.468 e. The number of carbonyl (C=O) groups is 2. The van der Waals surface area contributed by atoms with Crippen LogP contribution in [0.1, 0.15) is 21.7 Å². The van der Waals surface area contributed by atoms with E-state index in [2.05, 4.69) is 10.5 Å². The van der Waals surface area contributed by atoms with Gasteiger partial charge in [0.1, 0.15) is 17.3 Å². The number of amides is 1. The van der Waals surface area contributed by atoms with E-state index in [9.17, 15) is 9.59 Å². The molecular weight excluding hydrogens is 406 g/mol. The number of halogens is 1. The van der Waals surface area contributed by atoms with Crippen LogP contribution < -0.4 is 5.43 Å². The molecule has 2 aromatic carbocycles. The number of carbonyl (C=O) groups excluding carboxylic acids is 2. The molecular formula is C22H18ClN3O4. The number of methoxy groups -OCH3 is 1. The van der Waals surface area contributed by atoms with E-state index < -0.39 is 11.9 Å². The van der Waals surface area contributed by atoms with Gasteiger partial charge in [-0.2, -0.15) is 5.10 Å². The predicted octanol–water partition coefficient (Wildman–Crippen LogP) is 4.29. The van der Waals surface area contributed by atoms with Gasteiger partial charge < -0.3 is 13.7 Å². The molecule has 2 aromatic heterocycles. The number of furan rings is 1. The molecule has 8 heteroatoms. The van der Waals surface area contributed by atoms with Crippen LogP contribution in [-0.2, 0) is 16.1 Å². The third-order valence-electron chi connectivity index (χ3n) is 4.71. The third-order valence-corrected chi connectivity index (χ3v) is 5.12. The van der Waals surface area contributed by atoms with E-state index in [-0.39, 0.29) is 12.3 Å². The molecule has 0 atom stereocenters. The molecule has 4 aromatic rings. The predicted molar refractivity (Wildman–Crippen MR) is 115 cm³/mol. The van der Waals surface area contributed by atoms with Crippen LogP contribution in [0.15, 0.2) is 58.0 Å². The van der Waals surface area contributed by atoms with Crippen LogP contribution >= 0.6 is 11.6 Å². The topological polar surface area (TPSA) is 85.8 Å². The van der Waals surface area contributed by atoms with Gasteiger partial charge in [-0.1, -0.05) is 41.4 Å². The smallest absolute Gasteiger partial charge is 0.325 e. The Bertz CT molecular complexity index is 1300. The van der Waals surface area contributed by atoms with Gasteiger partial charge in [-0.3, -0.25) is 9.59 Å². The molecule has 0 unspecified atom stereocenters. The summed E-state index contributed by atoms with van der Waals surface area (Å²) in [6.45, 7) is 1.94. The summed E-state index contributed by atoms with van der Waals surface area (Å²) in [5.74, 6) is -0.740. The lowest BCUT2D eigenvalue weighted by atomic mass is 10.2. The molecule has 1 amide bonds. The van der Waals surface area contributed by atoms with E-state index in [4.69, 9.17) is 20.8 Å². The number of rotatable bonds is 5. The summed E-state index contributed by atoms with van der Waals surface area (Å²) in [4.78, 5) is 24.1. The molecule has 0 fully saturated rings. The summed E-state index contributed by atoms with van der Waals surface area (Å²) in [6.07, 6.45) is 1.45. The number of esters is 1. The van der Waals surface area contributed by atoms with Crippen LogP contribution in [0.2, 0.25) is 5.15 Å².